The van der Waals surface area contributed by atoms with E-state index in [1.54, 1.807) is 17.0 Å². The summed E-state index contributed by atoms with van der Waals surface area (Å²) in [5.41, 5.74) is 5.44. The maximum Gasteiger partial charge on any atom is 0.341 e. The monoisotopic (exact) mass is 494 g/mol. The number of benzene rings is 2. The third kappa shape index (κ3) is 6.86. The van der Waals surface area contributed by atoms with Crippen molar-refractivity contribution in [2.24, 2.45) is 0 Å². The number of anilines is 1. The van der Waals surface area contributed by atoms with E-state index in [1.165, 1.54) is 0 Å². The van der Waals surface area contributed by atoms with Crippen molar-refractivity contribution in [1.82, 2.24) is 4.90 Å². The van der Waals surface area contributed by atoms with Crippen molar-refractivity contribution in [2.75, 3.05) is 18.5 Å². The molecule has 1 aliphatic heterocycles. The van der Waals surface area contributed by atoms with Crippen LogP contribution in [0.3, 0.4) is 0 Å². The molecule has 0 saturated heterocycles. The third-order valence-corrected chi connectivity index (χ3v) is 6.70. The summed E-state index contributed by atoms with van der Waals surface area (Å²) in [4.78, 5) is 39.8. The Morgan fingerprint density at radius 3 is 2.39 bits per heavy atom. The Kier molecular flexibility index (Phi) is 9.51. The number of carboxylic acid groups (broad SMARTS) is 1. The first-order valence-electron chi connectivity index (χ1n) is 12.9. The van der Waals surface area contributed by atoms with Crippen LogP contribution in [0.1, 0.15) is 79.3 Å². The number of aryl methyl sites for hydroxylation is 3. The molecule has 36 heavy (non-hydrogen) atoms. The lowest BCUT2D eigenvalue weighted by molar-refractivity contribution is -0.139. The van der Waals surface area contributed by atoms with E-state index < -0.39 is 18.6 Å². The SMILES string of the molecule is CCCCCCCC(=O)N1CCc2ccc(OCC(=O)O)cc2C1C(=O)Nc1c(C)cc(C)cc1C. The number of aliphatic carboxylic acids is 1. The first-order chi connectivity index (χ1) is 17.2. The standard InChI is InChI=1S/C29H38N2O5/c1-5-6-7-8-9-10-25(32)31-14-13-22-11-12-23(36-18-26(33)34)17-24(22)28(31)29(35)30-27-20(3)15-19(2)16-21(27)4/h11-12,15-17,28H,5-10,13-14,18H2,1-4H3,(H,30,35)(H,33,34). The van der Waals surface area contributed by atoms with Gasteiger partial charge in [-0.15, -0.1) is 0 Å². The predicted octanol–water partition coefficient (Wildman–Crippen LogP) is 5.50. The van der Waals surface area contributed by atoms with Crippen LogP contribution in [0, 0.1) is 20.8 Å². The number of hydrogen-bond donors (Lipinski definition) is 2. The molecule has 2 N–H and O–H groups in total. The number of nitrogens with one attached hydrogen (secondary N) is 1. The number of unbranched alkanes of at least 4 members (excludes halogenated alkanes) is 4. The topological polar surface area (TPSA) is 95.9 Å². The van der Waals surface area contributed by atoms with E-state index in [4.69, 9.17) is 9.84 Å². The van der Waals surface area contributed by atoms with Crippen LogP contribution in [0.4, 0.5) is 5.69 Å². The van der Waals surface area contributed by atoms with Gasteiger partial charge in [0.1, 0.15) is 11.8 Å². The van der Waals surface area contributed by atoms with Gasteiger partial charge in [0, 0.05) is 18.7 Å². The van der Waals surface area contributed by atoms with E-state index in [9.17, 15) is 14.4 Å². The number of hydrogen-bond acceptors (Lipinski definition) is 4. The van der Waals surface area contributed by atoms with E-state index in [-0.39, 0.29) is 11.8 Å². The average Bonchev–Trinajstić information content (AvgIpc) is 2.83. The van der Waals surface area contributed by atoms with Crippen LogP contribution in [0.2, 0.25) is 0 Å². The first-order valence-corrected chi connectivity index (χ1v) is 12.9. The molecule has 1 aliphatic rings. The van der Waals surface area contributed by atoms with Crippen LogP contribution in [-0.4, -0.2) is 40.9 Å². The Morgan fingerprint density at radius 1 is 1.03 bits per heavy atom. The number of carboxylic acids is 1. The van der Waals surface area contributed by atoms with Crippen LogP contribution in [0.25, 0.3) is 0 Å². The van der Waals surface area contributed by atoms with Crippen molar-refractivity contribution in [2.45, 2.75) is 78.7 Å². The minimum atomic E-state index is -1.08. The Labute approximate surface area is 213 Å². The lowest BCUT2D eigenvalue weighted by atomic mass is 9.90. The van der Waals surface area contributed by atoms with E-state index in [0.29, 0.717) is 30.7 Å². The molecule has 7 nitrogen and oxygen atoms in total. The third-order valence-electron chi connectivity index (χ3n) is 6.70. The van der Waals surface area contributed by atoms with Gasteiger partial charge in [0.15, 0.2) is 6.61 Å². The molecule has 1 unspecified atom stereocenters. The number of carbonyl (C=O) groups is 3. The molecule has 0 spiro atoms. The second-order valence-corrected chi connectivity index (χ2v) is 9.71. The van der Waals surface area contributed by atoms with Gasteiger partial charge in [-0.1, -0.05) is 56.4 Å². The largest absolute Gasteiger partial charge is 0.482 e. The molecular formula is C29H38N2O5. The number of amides is 2. The smallest absolute Gasteiger partial charge is 0.341 e. The zero-order valence-corrected chi connectivity index (χ0v) is 21.9. The average molecular weight is 495 g/mol. The molecule has 2 amide bonds. The minimum Gasteiger partial charge on any atom is -0.482 e. The number of rotatable bonds is 11. The van der Waals surface area contributed by atoms with Crippen LogP contribution >= 0.6 is 0 Å². The molecule has 2 aromatic rings. The highest BCUT2D eigenvalue weighted by Crippen LogP contribution is 2.35. The fourth-order valence-electron chi connectivity index (χ4n) is 4.97. The highest BCUT2D eigenvalue weighted by molar-refractivity contribution is 5.99. The van der Waals surface area contributed by atoms with Crippen LogP contribution in [-0.2, 0) is 20.8 Å². The highest BCUT2D eigenvalue weighted by atomic mass is 16.5. The van der Waals surface area contributed by atoms with Crippen molar-refractivity contribution in [3.05, 3.63) is 58.1 Å². The molecule has 194 valence electrons. The summed E-state index contributed by atoms with van der Waals surface area (Å²) < 4.78 is 5.39. The normalized spacial score (nSPS) is 14.8. The van der Waals surface area contributed by atoms with Gasteiger partial charge in [-0.2, -0.15) is 0 Å². The number of nitrogens with zero attached hydrogens (tertiary/aromatic N) is 1. The highest BCUT2D eigenvalue weighted by Gasteiger charge is 2.36. The summed E-state index contributed by atoms with van der Waals surface area (Å²) in [6.45, 7) is 8.08. The molecule has 7 heteroatoms. The molecule has 2 aromatic carbocycles. The Hall–Kier alpha value is -3.35. The Balaban J connectivity index is 1.91. The molecular weight excluding hydrogens is 456 g/mol. The van der Waals surface area contributed by atoms with Crippen LogP contribution in [0.15, 0.2) is 30.3 Å². The molecule has 0 radical (unpaired) electrons. The van der Waals surface area contributed by atoms with Gasteiger partial charge in [-0.3, -0.25) is 9.59 Å². The van der Waals surface area contributed by atoms with Gasteiger partial charge in [0.05, 0.1) is 0 Å². The summed E-state index contributed by atoms with van der Waals surface area (Å²) in [6, 6.07) is 8.52. The maximum atomic E-state index is 13.8. The van der Waals surface area contributed by atoms with Crippen molar-refractivity contribution in [1.29, 1.82) is 0 Å². The summed E-state index contributed by atoms with van der Waals surface area (Å²) in [5, 5.41) is 12.1. The number of fused-ring (bicyclic) bond motifs is 1. The van der Waals surface area contributed by atoms with Gasteiger partial charge in [-0.25, -0.2) is 4.79 Å². The lowest BCUT2D eigenvalue weighted by Gasteiger charge is -2.37. The maximum absolute atomic E-state index is 13.8. The Bertz CT molecular complexity index is 1090. The predicted molar refractivity (Wildman–Crippen MR) is 140 cm³/mol. The number of ether oxygens (including phenoxy) is 1. The molecule has 0 aliphatic carbocycles. The van der Waals surface area contributed by atoms with E-state index in [2.05, 4.69) is 12.2 Å². The molecule has 1 atom stereocenters. The fraction of sp³-hybridized carbons (Fsp3) is 0.483. The van der Waals surface area contributed by atoms with Crippen molar-refractivity contribution in [3.63, 3.8) is 0 Å². The summed E-state index contributed by atoms with van der Waals surface area (Å²) in [5.74, 6) is -1.02. The quantitative estimate of drug-likeness (QED) is 0.402. The van der Waals surface area contributed by atoms with E-state index in [0.717, 1.165) is 60.0 Å². The minimum absolute atomic E-state index is 0.0356. The zero-order valence-electron chi connectivity index (χ0n) is 21.9. The van der Waals surface area contributed by atoms with Crippen LogP contribution in [0.5, 0.6) is 5.75 Å². The second kappa shape index (κ2) is 12.6. The Morgan fingerprint density at radius 2 is 1.72 bits per heavy atom. The molecule has 0 fully saturated rings. The van der Waals surface area contributed by atoms with Gasteiger partial charge in [-0.05, 0) is 68.0 Å². The van der Waals surface area contributed by atoms with Crippen molar-refractivity contribution in [3.8, 4) is 5.75 Å². The lowest BCUT2D eigenvalue weighted by Crippen LogP contribution is -2.45. The molecule has 0 saturated carbocycles. The zero-order chi connectivity index (χ0) is 26.2. The summed E-state index contributed by atoms with van der Waals surface area (Å²) in [7, 11) is 0. The first kappa shape index (κ1) is 27.2. The van der Waals surface area contributed by atoms with Gasteiger partial charge in [0.2, 0.25) is 5.91 Å². The summed E-state index contributed by atoms with van der Waals surface area (Å²) >= 11 is 0. The van der Waals surface area contributed by atoms with Gasteiger partial charge in [0.25, 0.3) is 5.91 Å². The van der Waals surface area contributed by atoms with E-state index in [1.807, 2.05) is 39.0 Å². The summed E-state index contributed by atoms with van der Waals surface area (Å²) in [6.07, 6.45) is 6.23. The molecule has 0 bridgehead atoms. The second-order valence-electron chi connectivity index (χ2n) is 9.71. The fourth-order valence-corrected chi connectivity index (χ4v) is 4.97. The van der Waals surface area contributed by atoms with Crippen LogP contribution < -0.4 is 10.1 Å². The molecule has 0 aromatic heterocycles. The number of carbonyl (C=O) groups excluding carboxylic acids is 2. The van der Waals surface area contributed by atoms with Gasteiger partial charge >= 0.3 is 5.97 Å². The van der Waals surface area contributed by atoms with Gasteiger partial charge < -0.3 is 20.1 Å². The molecule has 1 heterocycles. The molecule has 3 rings (SSSR count). The van der Waals surface area contributed by atoms with Crippen molar-refractivity contribution >= 4 is 23.5 Å². The van der Waals surface area contributed by atoms with Crippen molar-refractivity contribution < 1.29 is 24.2 Å². The van der Waals surface area contributed by atoms with E-state index >= 15 is 0 Å².